The van der Waals surface area contributed by atoms with Crippen molar-refractivity contribution in [2.75, 3.05) is 0 Å². The maximum absolute atomic E-state index is 12.3. The Hall–Kier alpha value is -1.28. The van der Waals surface area contributed by atoms with Crippen LogP contribution in [-0.2, 0) is 10.0 Å². The molecule has 0 aliphatic carbocycles. The number of sulfonamides is 1. The number of alkyl halides is 2. The van der Waals surface area contributed by atoms with Crippen LogP contribution in [0.25, 0.3) is 0 Å². The molecule has 15 heavy (non-hydrogen) atoms. The van der Waals surface area contributed by atoms with Crippen LogP contribution < -0.4 is 5.14 Å². The molecule has 1 heterocycles. The van der Waals surface area contributed by atoms with E-state index in [1.165, 1.54) is 6.92 Å². The van der Waals surface area contributed by atoms with Crippen LogP contribution in [0, 0.1) is 6.92 Å². The lowest BCUT2D eigenvalue weighted by Gasteiger charge is -2.07. The summed E-state index contributed by atoms with van der Waals surface area (Å²) < 4.78 is 46.4. The Morgan fingerprint density at radius 1 is 1.53 bits per heavy atom. The van der Waals surface area contributed by atoms with Crippen LogP contribution in [0.3, 0.4) is 0 Å². The largest absolute Gasteiger partial charge is 0.505 e. The summed E-state index contributed by atoms with van der Waals surface area (Å²) in [5, 5.41) is 12.9. The van der Waals surface area contributed by atoms with Gasteiger partial charge in [0, 0.05) is 0 Å². The van der Waals surface area contributed by atoms with Crippen LogP contribution >= 0.6 is 0 Å². The number of aromatic nitrogens is 1. The first-order valence-electron chi connectivity index (χ1n) is 3.75. The lowest BCUT2D eigenvalue weighted by atomic mass is 10.2. The number of hydrogen-bond acceptors (Lipinski definition) is 4. The summed E-state index contributed by atoms with van der Waals surface area (Å²) in [6.45, 7) is 1.28. The van der Waals surface area contributed by atoms with Crippen LogP contribution in [0.4, 0.5) is 8.78 Å². The predicted octanol–water partition coefficient (Wildman–Crippen LogP) is 0.681. The van der Waals surface area contributed by atoms with E-state index in [0.29, 0.717) is 0 Å². The molecule has 3 N–H and O–H groups in total. The summed E-state index contributed by atoms with van der Waals surface area (Å²) in [4.78, 5) is 3.13. The van der Waals surface area contributed by atoms with Crippen molar-refractivity contribution in [2.45, 2.75) is 18.4 Å². The van der Waals surface area contributed by atoms with Gasteiger partial charge in [0.25, 0.3) is 16.4 Å². The monoisotopic (exact) mass is 238 g/mol. The first kappa shape index (κ1) is 11.8. The number of nitrogens with zero attached hydrogens (tertiary/aromatic N) is 1. The summed E-state index contributed by atoms with van der Waals surface area (Å²) in [6.07, 6.45) is -2.92. The zero-order chi connectivity index (χ0) is 11.8. The zero-order valence-electron chi connectivity index (χ0n) is 7.61. The van der Waals surface area contributed by atoms with E-state index in [0.717, 1.165) is 6.07 Å². The number of pyridine rings is 1. The van der Waals surface area contributed by atoms with E-state index in [1.807, 2.05) is 0 Å². The summed E-state index contributed by atoms with van der Waals surface area (Å²) in [6, 6.07) is 0.883. The molecule has 0 spiro atoms. The van der Waals surface area contributed by atoms with Gasteiger partial charge in [-0.15, -0.1) is 0 Å². The lowest BCUT2D eigenvalue weighted by Crippen LogP contribution is -2.15. The number of halogens is 2. The van der Waals surface area contributed by atoms with Crippen LogP contribution in [0.1, 0.15) is 17.7 Å². The number of aromatic hydroxyl groups is 1. The molecular weight excluding hydrogens is 230 g/mol. The Morgan fingerprint density at radius 2 is 2.07 bits per heavy atom. The molecule has 0 unspecified atom stereocenters. The highest BCUT2D eigenvalue weighted by Gasteiger charge is 2.21. The van der Waals surface area contributed by atoms with E-state index in [-0.39, 0.29) is 5.56 Å². The molecule has 0 saturated carbocycles. The van der Waals surface area contributed by atoms with Crippen LogP contribution in [0.2, 0.25) is 0 Å². The first-order valence-corrected chi connectivity index (χ1v) is 5.29. The highest BCUT2D eigenvalue weighted by molar-refractivity contribution is 7.89. The van der Waals surface area contributed by atoms with Gasteiger partial charge >= 0.3 is 0 Å². The second-order valence-electron chi connectivity index (χ2n) is 2.86. The van der Waals surface area contributed by atoms with E-state index in [4.69, 9.17) is 5.11 Å². The van der Waals surface area contributed by atoms with Crippen molar-refractivity contribution >= 4 is 10.0 Å². The summed E-state index contributed by atoms with van der Waals surface area (Å²) in [7, 11) is -4.30. The standard InChI is InChI=1S/C7H8F2N2O3S/c1-3-2-4(12)7(15(10,13)14)11-5(3)6(8)9/h2,6,12H,1H3,(H2,10,13,14). The van der Waals surface area contributed by atoms with E-state index >= 15 is 0 Å². The van der Waals surface area contributed by atoms with E-state index in [1.54, 1.807) is 0 Å². The van der Waals surface area contributed by atoms with Crippen molar-refractivity contribution in [3.05, 3.63) is 17.3 Å². The van der Waals surface area contributed by atoms with Gasteiger partial charge in [-0.1, -0.05) is 0 Å². The molecule has 0 radical (unpaired) electrons. The van der Waals surface area contributed by atoms with Crippen molar-refractivity contribution in [3.8, 4) is 5.75 Å². The molecule has 0 amide bonds. The summed E-state index contributed by atoms with van der Waals surface area (Å²) in [5.74, 6) is -0.737. The Morgan fingerprint density at radius 3 is 2.47 bits per heavy atom. The molecule has 0 aliphatic rings. The van der Waals surface area contributed by atoms with E-state index < -0.39 is 32.9 Å². The average molecular weight is 238 g/mol. The fraction of sp³-hybridized carbons (Fsp3) is 0.286. The number of rotatable bonds is 2. The Kier molecular flexibility index (Phi) is 2.91. The third kappa shape index (κ3) is 2.39. The SMILES string of the molecule is Cc1cc(O)c(S(N)(=O)=O)nc1C(F)F. The fourth-order valence-electron chi connectivity index (χ4n) is 1.03. The minimum absolute atomic E-state index is 0.00472. The fourth-order valence-corrected chi connectivity index (χ4v) is 1.60. The van der Waals surface area contributed by atoms with Gasteiger partial charge in [-0.3, -0.25) is 0 Å². The second kappa shape index (κ2) is 3.70. The molecule has 0 aromatic carbocycles. The molecule has 1 rings (SSSR count). The highest BCUT2D eigenvalue weighted by atomic mass is 32.2. The van der Waals surface area contributed by atoms with Crippen molar-refractivity contribution < 1.29 is 22.3 Å². The quantitative estimate of drug-likeness (QED) is 0.792. The van der Waals surface area contributed by atoms with Crippen molar-refractivity contribution in [2.24, 2.45) is 5.14 Å². The minimum atomic E-state index is -4.30. The molecule has 5 nitrogen and oxygen atoms in total. The van der Waals surface area contributed by atoms with Crippen molar-refractivity contribution in [1.82, 2.24) is 4.98 Å². The zero-order valence-corrected chi connectivity index (χ0v) is 8.42. The maximum Gasteiger partial charge on any atom is 0.280 e. The predicted molar refractivity (Wildman–Crippen MR) is 47.0 cm³/mol. The highest BCUT2D eigenvalue weighted by Crippen LogP contribution is 2.27. The van der Waals surface area contributed by atoms with Crippen molar-refractivity contribution in [1.29, 1.82) is 0 Å². The lowest BCUT2D eigenvalue weighted by molar-refractivity contribution is 0.144. The Bertz CT molecular complexity index is 487. The summed E-state index contributed by atoms with van der Waals surface area (Å²) in [5.41, 5.74) is -0.716. The van der Waals surface area contributed by atoms with Gasteiger partial charge in [-0.25, -0.2) is 27.3 Å². The summed E-state index contributed by atoms with van der Waals surface area (Å²) >= 11 is 0. The molecule has 0 aliphatic heterocycles. The topological polar surface area (TPSA) is 93.3 Å². The normalized spacial score (nSPS) is 12.1. The minimum Gasteiger partial charge on any atom is -0.505 e. The third-order valence-corrected chi connectivity index (χ3v) is 2.51. The molecule has 0 saturated heterocycles. The van der Waals surface area contributed by atoms with E-state index in [9.17, 15) is 17.2 Å². The number of aryl methyl sites for hydroxylation is 1. The Balaban J connectivity index is 3.50. The van der Waals surface area contributed by atoms with Gasteiger partial charge in [0.2, 0.25) is 5.03 Å². The van der Waals surface area contributed by atoms with Crippen LogP contribution in [0.15, 0.2) is 11.1 Å². The molecule has 1 aromatic rings. The number of hydrogen-bond donors (Lipinski definition) is 2. The van der Waals surface area contributed by atoms with Gasteiger partial charge in [0.05, 0.1) is 0 Å². The van der Waals surface area contributed by atoms with Gasteiger partial charge in [-0.05, 0) is 18.6 Å². The van der Waals surface area contributed by atoms with Crippen molar-refractivity contribution in [3.63, 3.8) is 0 Å². The number of primary sulfonamides is 1. The average Bonchev–Trinajstić information content (AvgIpc) is 2.00. The maximum atomic E-state index is 12.3. The first-order chi connectivity index (χ1) is 6.73. The van der Waals surface area contributed by atoms with E-state index in [2.05, 4.69) is 10.1 Å². The van der Waals surface area contributed by atoms with Crippen LogP contribution in [-0.4, -0.2) is 18.5 Å². The van der Waals surface area contributed by atoms with Gasteiger partial charge in [0.15, 0.2) is 5.75 Å². The molecule has 84 valence electrons. The second-order valence-corrected chi connectivity index (χ2v) is 4.34. The molecule has 0 atom stereocenters. The van der Waals surface area contributed by atoms with Gasteiger partial charge < -0.3 is 5.11 Å². The molecule has 0 bridgehead atoms. The molecule has 8 heteroatoms. The molecular formula is C7H8F2N2O3S. The smallest absolute Gasteiger partial charge is 0.280 e. The molecule has 1 aromatic heterocycles. The number of nitrogens with two attached hydrogens (primary N) is 1. The van der Waals surface area contributed by atoms with Gasteiger partial charge in [-0.2, -0.15) is 0 Å². The van der Waals surface area contributed by atoms with Gasteiger partial charge in [0.1, 0.15) is 5.69 Å². The Labute approximate surface area is 84.6 Å². The molecule has 0 fully saturated rings. The van der Waals surface area contributed by atoms with Crippen LogP contribution in [0.5, 0.6) is 5.75 Å². The third-order valence-electron chi connectivity index (χ3n) is 1.67.